The second-order valence-electron chi connectivity index (χ2n) is 17.1. The van der Waals surface area contributed by atoms with Crippen LogP contribution in [0.15, 0.2) is 42.5 Å². The Hall–Kier alpha value is -6.06. The van der Waals surface area contributed by atoms with E-state index in [2.05, 4.69) is 45.1 Å². The van der Waals surface area contributed by atoms with E-state index in [1.807, 2.05) is 70.2 Å². The number of carbonyl (C=O) groups excluding carboxylic acids is 4. The summed E-state index contributed by atoms with van der Waals surface area (Å²) in [6, 6.07) is 13.7. The van der Waals surface area contributed by atoms with Gasteiger partial charge in [0.25, 0.3) is 11.8 Å². The molecule has 3 aliphatic heterocycles. The molecular formula is C44H45Cl2N11O4. The summed E-state index contributed by atoms with van der Waals surface area (Å²) in [5.74, 6) is 0.886. The molecule has 1 saturated heterocycles. The molecule has 4 aromatic heterocycles. The molecule has 11 rings (SSSR count). The van der Waals surface area contributed by atoms with Crippen LogP contribution in [0.2, 0.25) is 5.02 Å². The Morgan fingerprint density at radius 1 is 0.689 bits per heavy atom. The summed E-state index contributed by atoms with van der Waals surface area (Å²) < 4.78 is 0.639. The molecule has 2 aliphatic carbocycles. The van der Waals surface area contributed by atoms with Gasteiger partial charge in [-0.1, -0.05) is 35.9 Å². The molecule has 6 N–H and O–H groups in total. The third-order valence-electron chi connectivity index (χ3n) is 12.0. The summed E-state index contributed by atoms with van der Waals surface area (Å²) in [5, 5.41) is 13.3. The fraction of sp³-hybridized carbons (Fsp3) is 0.364. The first kappa shape index (κ1) is 40.4. The van der Waals surface area contributed by atoms with Crippen molar-refractivity contribution in [3.05, 3.63) is 81.4 Å². The zero-order valence-electron chi connectivity index (χ0n) is 34.6. The summed E-state index contributed by atoms with van der Waals surface area (Å²) >= 11 is 11.7. The van der Waals surface area contributed by atoms with Gasteiger partial charge in [-0.3, -0.25) is 19.2 Å². The maximum Gasteiger partial charge on any atom is 0.255 e. The number of aromatic nitrogens is 6. The van der Waals surface area contributed by atoms with E-state index in [1.54, 1.807) is 0 Å². The minimum Gasteiger partial charge on any atom is -0.363 e. The molecule has 61 heavy (non-hydrogen) atoms. The number of nitrogens with one attached hydrogen (secondary N) is 6. The Bertz CT molecular complexity index is 2830. The van der Waals surface area contributed by atoms with Crippen molar-refractivity contribution in [2.75, 3.05) is 10.6 Å². The Morgan fingerprint density at radius 3 is 1.69 bits per heavy atom. The number of aryl methyl sites for hydroxylation is 2. The number of carbonyl (C=O) groups is 4. The molecule has 0 radical (unpaired) electrons. The van der Waals surface area contributed by atoms with E-state index in [0.29, 0.717) is 20.6 Å². The molecule has 17 heteroatoms. The Balaban J connectivity index is 0.000000132. The van der Waals surface area contributed by atoms with E-state index in [-0.39, 0.29) is 59.6 Å². The maximum atomic E-state index is 12.2. The van der Waals surface area contributed by atoms with E-state index >= 15 is 0 Å². The Kier molecular flexibility index (Phi) is 9.81. The van der Waals surface area contributed by atoms with Gasteiger partial charge in [-0.2, -0.15) is 4.42 Å². The molecule has 15 nitrogen and oxygen atoms in total. The smallest absolute Gasteiger partial charge is 0.255 e. The number of imide groups is 1. The van der Waals surface area contributed by atoms with Gasteiger partial charge in [-0.15, -0.1) is 0 Å². The predicted molar refractivity (Wildman–Crippen MR) is 234 cm³/mol. The van der Waals surface area contributed by atoms with Crippen LogP contribution in [-0.4, -0.2) is 69.0 Å². The van der Waals surface area contributed by atoms with E-state index < -0.39 is 0 Å². The highest BCUT2D eigenvalue weighted by Crippen LogP contribution is 2.42. The number of anilines is 2. The van der Waals surface area contributed by atoms with Gasteiger partial charge < -0.3 is 31.2 Å². The van der Waals surface area contributed by atoms with Gasteiger partial charge >= 0.3 is 0 Å². The van der Waals surface area contributed by atoms with Gasteiger partial charge in [0.2, 0.25) is 11.8 Å². The highest BCUT2D eigenvalue weighted by molar-refractivity contribution is 6.37. The van der Waals surface area contributed by atoms with Gasteiger partial charge in [-0.25, -0.2) is 19.9 Å². The first-order valence-corrected chi connectivity index (χ1v) is 21.1. The molecule has 5 aliphatic rings. The van der Waals surface area contributed by atoms with Crippen molar-refractivity contribution < 1.29 is 19.2 Å². The second-order valence-corrected chi connectivity index (χ2v) is 17.8. The minimum atomic E-state index is -0.295. The molecule has 7 heterocycles. The number of rotatable bonds is 6. The summed E-state index contributed by atoms with van der Waals surface area (Å²) in [6.07, 6.45) is 5.12. The van der Waals surface area contributed by atoms with Crippen molar-refractivity contribution in [3.63, 3.8) is 0 Å². The topological polar surface area (TPSA) is 203 Å². The SMILES string of the molecule is Cc1nc2cccc(-c3[nH]c4c(c3Cl)C(=O)N[C@@H]4C)c2nc1NC1(C)CC1.Cc1nc2cccc(-c3cc4c([nH]3)[C@@H](C)NC4=O)c2nc1NC1(C)CC1.O=C1CCC(=O)N1Cl. The lowest BCUT2D eigenvalue weighted by Gasteiger charge is -2.15. The Labute approximate surface area is 361 Å². The lowest BCUT2D eigenvalue weighted by Crippen LogP contribution is -2.18. The van der Waals surface area contributed by atoms with Crippen LogP contribution in [0.3, 0.4) is 0 Å². The van der Waals surface area contributed by atoms with Crippen LogP contribution < -0.4 is 21.3 Å². The van der Waals surface area contributed by atoms with Crippen molar-refractivity contribution >= 4 is 80.7 Å². The molecule has 2 atom stereocenters. The Morgan fingerprint density at radius 2 is 1.20 bits per heavy atom. The van der Waals surface area contributed by atoms with Gasteiger partial charge in [0.1, 0.15) is 22.7 Å². The summed E-state index contributed by atoms with van der Waals surface area (Å²) in [5.41, 5.74) is 11.8. The molecule has 0 bridgehead atoms. The third-order valence-corrected chi connectivity index (χ3v) is 12.7. The number of H-pyrrole nitrogens is 2. The van der Waals surface area contributed by atoms with Crippen LogP contribution in [-0.2, 0) is 9.59 Å². The normalized spacial score (nSPS) is 20.0. The fourth-order valence-corrected chi connectivity index (χ4v) is 8.30. The molecule has 314 valence electrons. The molecular weight excluding hydrogens is 817 g/mol. The number of para-hydroxylation sites is 2. The van der Waals surface area contributed by atoms with Crippen molar-refractivity contribution in [3.8, 4) is 22.5 Å². The standard InChI is InChI=1S/C20H20ClN5O.C20H21N5O.C4H4ClNO2/c1-9-15-13(19(27)23-9)14(21)17(24-15)11-5-4-6-12-16(11)25-18(10(2)22-12)26-20(3)7-8-20;1-10-16-13(19(26)22-10)9-15(23-16)12-5-4-6-14-17(12)24-18(11(2)21-14)25-20(3)7-8-20;5-6-3(7)1-2-4(6)8/h4-6,9,24H,7-8H2,1-3H3,(H,23,27)(H,25,26);4-6,9-10,23H,7-8H2,1-3H3,(H,22,26)(H,24,25);1-2H2/t9-;10-;/m11./s1. The molecule has 2 saturated carbocycles. The van der Waals surface area contributed by atoms with Crippen LogP contribution in [0.1, 0.15) is 122 Å². The average Bonchev–Trinajstić information content (AvgIpc) is 3.83. The maximum absolute atomic E-state index is 12.2. The van der Waals surface area contributed by atoms with E-state index in [4.69, 9.17) is 43.3 Å². The predicted octanol–water partition coefficient (Wildman–Crippen LogP) is 8.35. The van der Waals surface area contributed by atoms with Gasteiger partial charge in [0.05, 0.1) is 67.7 Å². The van der Waals surface area contributed by atoms with Crippen LogP contribution in [0.25, 0.3) is 44.6 Å². The first-order valence-electron chi connectivity index (χ1n) is 20.4. The molecule has 0 spiro atoms. The number of aromatic amines is 2. The highest BCUT2D eigenvalue weighted by atomic mass is 35.5. The summed E-state index contributed by atoms with van der Waals surface area (Å²) in [6.45, 7) is 12.3. The van der Waals surface area contributed by atoms with Gasteiger partial charge in [-0.05, 0) is 85.4 Å². The largest absolute Gasteiger partial charge is 0.363 e. The number of fused-ring (bicyclic) bond motifs is 4. The average molecular weight is 863 g/mol. The zero-order valence-corrected chi connectivity index (χ0v) is 36.1. The summed E-state index contributed by atoms with van der Waals surface area (Å²) in [4.78, 5) is 71.0. The van der Waals surface area contributed by atoms with Crippen molar-refractivity contribution in [2.24, 2.45) is 0 Å². The number of amides is 4. The van der Waals surface area contributed by atoms with E-state index in [1.165, 1.54) is 0 Å². The molecule has 2 aromatic carbocycles. The molecule has 4 amide bonds. The molecule has 0 unspecified atom stereocenters. The minimum absolute atomic E-state index is 0.00148. The second kappa shape index (κ2) is 14.8. The monoisotopic (exact) mass is 861 g/mol. The first-order chi connectivity index (χ1) is 29.0. The number of benzene rings is 2. The lowest BCUT2D eigenvalue weighted by atomic mass is 10.1. The van der Waals surface area contributed by atoms with Crippen LogP contribution >= 0.6 is 23.4 Å². The number of halogens is 2. The van der Waals surface area contributed by atoms with Crippen LogP contribution in [0.5, 0.6) is 0 Å². The quantitative estimate of drug-likeness (QED) is 0.0698. The highest BCUT2D eigenvalue weighted by Gasteiger charge is 2.39. The third kappa shape index (κ3) is 7.54. The van der Waals surface area contributed by atoms with Crippen molar-refractivity contribution in [2.45, 2.75) is 103 Å². The van der Waals surface area contributed by atoms with Crippen LogP contribution in [0, 0.1) is 13.8 Å². The summed E-state index contributed by atoms with van der Waals surface area (Å²) in [7, 11) is 0. The molecule has 3 fully saturated rings. The fourth-order valence-electron chi connectivity index (χ4n) is 7.79. The number of nitrogens with zero attached hydrogens (tertiary/aromatic N) is 5. The van der Waals surface area contributed by atoms with Crippen molar-refractivity contribution in [1.82, 2.24) is 45.0 Å². The lowest BCUT2D eigenvalue weighted by molar-refractivity contribution is -0.132. The van der Waals surface area contributed by atoms with Gasteiger partial charge in [0, 0.05) is 52.5 Å². The molecule has 6 aromatic rings. The van der Waals surface area contributed by atoms with Gasteiger partial charge in [0.15, 0.2) is 0 Å². The zero-order chi connectivity index (χ0) is 43.1. The van der Waals surface area contributed by atoms with Crippen LogP contribution in [0.4, 0.5) is 11.6 Å². The number of hydrogen-bond donors (Lipinski definition) is 6. The van der Waals surface area contributed by atoms with E-state index in [0.717, 1.165) is 105 Å². The van der Waals surface area contributed by atoms with Crippen molar-refractivity contribution in [1.29, 1.82) is 0 Å². The number of hydrogen-bond acceptors (Lipinski definition) is 10. The van der Waals surface area contributed by atoms with E-state index in [9.17, 15) is 19.2 Å².